The first kappa shape index (κ1) is 40.5. The number of aromatic amines is 1. The predicted molar refractivity (Wildman–Crippen MR) is 231 cm³/mol. The van der Waals surface area contributed by atoms with Gasteiger partial charge in [0.1, 0.15) is 11.6 Å². The van der Waals surface area contributed by atoms with Crippen molar-refractivity contribution in [2.45, 2.75) is 57.2 Å². The summed E-state index contributed by atoms with van der Waals surface area (Å²) in [5.41, 5.74) is 6.46. The smallest absolute Gasteiger partial charge is 0.328 e. The summed E-state index contributed by atoms with van der Waals surface area (Å²) in [6.07, 6.45) is 4.55. The molecule has 4 amide bonds. The topological polar surface area (TPSA) is 138 Å². The number of benzene rings is 4. The number of hydrogen-bond donors (Lipinski definition) is 4. The van der Waals surface area contributed by atoms with Gasteiger partial charge in [0.05, 0.1) is 11.1 Å². The van der Waals surface area contributed by atoms with Crippen LogP contribution in [0, 0.1) is 11.6 Å². The second-order valence-electron chi connectivity index (χ2n) is 16.6. The van der Waals surface area contributed by atoms with Crippen molar-refractivity contribution in [2.75, 3.05) is 79.5 Å². The molecule has 0 bridgehead atoms. The number of anilines is 4. The van der Waals surface area contributed by atoms with E-state index in [9.17, 15) is 23.2 Å². The molecule has 4 aliphatic heterocycles. The van der Waals surface area contributed by atoms with Crippen LogP contribution in [0.2, 0.25) is 0 Å². The Morgan fingerprint density at radius 2 is 1.49 bits per heavy atom. The van der Waals surface area contributed by atoms with Crippen molar-refractivity contribution in [2.24, 2.45) is 0 Å². The number of carbonyl (C=O) groups excluding carboxylic acids is 3. The van der Waals surface area contributed by atoms with Gasteiger partial charge in [0, 0.05) is 99.5 Å². The second kappa shape index (κ2) is 18.0. The molecule has 0 unspecified atom stereocenters. The lowest BCUT2D eigenvalue weighted by Gasteiger charge is -2.43. The number of imide groups is 1. The minimum Gasteiger partial charge on any atom is -0.381 e. The van der Waals surface area contributed by atoms with Gasteiger partial charge in [-0.1, -0.05) is 18.2 Å². The monoisotopic (exact) mass is 831 g/mol. The molecule has 5 heterocycles. The maximum atomic E-state index is 14.0. The summed E-state index contributed by atoms with van der Waals surface area (Å²) in [5.74, 6) is -1.38. The normalized spacial score (nSPS) is 18.7. The van der Waals surface area contributed by atoms with Crippen LogP contribution in [0.4, 0.5) is 36.5 Å². The molecule has 61 heavy (non-hydrogen) atoms. The highest BCUT2D eigenvalue weighted by atomic mass is 19.1. The molecule has 1 aromatic heterocycles. The molecule has 0 saturated carbocycles. The van der Waals surface area contributed by atoms with E-state index < -0.39 is 11.6 Å². The highest BCUT2D eigenvalue weighted by Gasteiger charge is 2.29. The van der Waals surface area contributed by atoms with Gasteiger partial charge >= 0.3 is 6.03 Å². The van der Waals surface area contributed by atoms with Crippen molar-refractivity contribution >= 4 is 51.6 Å². The molecular weight excluding hydrogens is 781 g/mol. The fourth-order valence-corrected chi connectivity index (χ4v) is 9.14. The van der Waals surface area contributed by atoms with E-state index in [0.29, 0.717) is 61.0 Å². The quantitative estimate of drug-likeness (QED) is 0.118. The number of halogens is 2. The highest BCUT2D eigenvalue weighted by molar-refractivity contribution is 6.11. The van der Waals surface area contributed by atoms with Gasteiger partial charge < -0.3 is 20.3 Å². The predicted octanol–water partition coefficient (Wildman–Crippen LogP) is 6.51. The number of piperidine rings is 1. The minimum absolute atomic E-state index is 0.176. The standard InChI is InChI=1S/C46H51F2N9O4/c47-33-24-32(25-34(48)27-33)23-31-3-8-41-40(26-31)44(53-52-41)51-45(59)39-7-6-38(28-42(39)49-35-12-21-61-22-13-35)56-19-17-55(18-20-56)36-9-14-54(15-10-36)29-30-1-4-37(5-2-30)57-16-11-43(58)50-46(57)60/h1-8,24-28,35-36,49H,9-23,29H2,(H,50,58,60)(H2,51,52,53,59). The number of likely N-dealkylation sites (tertiary alicyclic amines) is 1. The first-order valence-corrected chi connectivity index (χ1v) is 21.3. The van der Waals surface area contributed by atoms with Gasteiger partial charge in [0.15, 0.2) is 5.82 Å². The molecule has 9 rings (SSSR count). The van der Waals surface area contributed by atoms with Crippen LogP contribution in [0.1, 0.15) is 59.2 Å². The Labute approximate surface area is 353 Å². The molecule has 318 valence electrons. The fraction of sp³-hybridized carbons (Fsp3) is 0.391. The van der Waals surface area contributed by atoms with Crippen LogP contribution in [-0.2, 0) is 22.5 Å². The molecule has 4 N–H and O–H groups in total. The fourth-order valence-electron chi connectivity index (χ4n) is 9.14. The Balaban J connectivity index is 0.815. The van der Waals surface area contributed by atoms with E-state index in [2.05, 4.69) is 59.0 Å². The van der Waals surface area contributed by atoms with Gasteiger partial charge in [-0.05, 0) is 116 Å². The summed E-state index contributed by atoms with van der Waals surface area (Å²) in [6.45, 7) is 8.37. The van der Waals surface area contributed by atoms with E-state index >= 15 is 0 Å². The average Bonchev–Trinajstić information content (AvgIpc) is 3.65. The van der Waals surface area contributed by atoms with Gasteiger partial charge in [0.2, 0.25) is 5.91 Å². The lowest BCUT2D eigenvalue weighted by molar-refractivity contribution is -0.120. The zero-order chi connectivity index (χ0) is 41.9. The van der Waals surface area contributed by atoms with Gasteiger partial charge in [-0.15, -0.1) is 0 Å². The van der Waals surface area contributed by atoms with Crippen LogP contribution in [0.25, 0.3) is 10.9 Å². The molecule has 5 aromatic rings. The van der Waals surface area contributed by atoms with E-state index in [1.165, 1.54) is 17.7 Å². The summed E-state index contributed by atoms with van der Waals surface area (Å²) in [7, 11) is 0. The molecule has 0 radical (unpaired) electrons. The molecule has 0 atom stereocenters. The third kappa shape index (κ3) is 9.54. The van der Waals surface area contributed by atoms with Gasteiger partial charge in [-0.3, -0.25) is 34.7 Å². The Hall–Kier alpha value is -5.90. The number of carbonyl (C=O) groups is 3. The first-order chi connectivity index (χ1) is 29.7. The number of aromatic nitrogens is 2. The molecule has 0 aliphatic carbocycles. The van der Waals surface area contributed by atoms with Crippen LogP contribution in [0.3, 0.4) is 0 Å². The number of nitrogens with zero attached hydrogens (tertiary/aromatic N) is 5. The van der Waals surface area contributed by atoms with Crippen molar-refractivity contribution in [3.8, 4) is 0 Å². The van der Waals surface area contributed by atoms with Crippen molar-refractivity contribution in [1.82, 2.24) is 25.3 Å². The molecule has 15 heteroatoms. The largest absolute Gasteiger partial charge is 0.381 e. The van der Waals surface area contributed by atoms with Gasteiger partial charge in [-0.25, -0.2) is 13.6 Å². The van der Waals surface area contributed by atoms with Crippen molar-refractivity contribution < 1.29 is 27.9 Å². The van der Waals surface area contributed by atoms with Crippen LogP contribution in [0.5, 0.6) is 0 Å². The highest BCUT2D eigenvalue weighted by Crippen LogP contribution is 2.31. The van der Waals surface area contributed by atoms with E-state index in [1.807, 2.05) is 42.5 Å². The zero-order valence-electron chi connectivity index (χ0n) is 34.1. The van der Waals surface area contributed by atoms with Crippen LogP contribution in [-0.4, -0.2) is 109 Å². The molecule has 4 saturated heterocycles. The number of piperazine rings is 1. The van der Waals surface area contributed by atoms with E-state index in [0.717, 1.165) is 106 Å². The second-order valence-corrected chi connectivity index (χ2v) is 16.6. The van der Waals surface area contributed by atoms with Crippen molar-refractivity contribution in [3.63, 3.8) is 0 Å². The molecular formula is C46H51F2N9O4. The summed E-state index contributed by atoms with van der Waals surface area (Å²) < 4.78 is 33.4. The lowest BCUT2D eigenvalue weighted by atomic mass is 10.0. The third-order valence-corrected chi connectivity index (χ3v) is 12.5. The number of rotatable bonds is 11. The number of urea groups is 1. The molecule has 4 aliphatic rings. The molecule has 13 nitrogen and oxygen atoms in total. The van der Waals surface area contributed by atoms with Gasteiger partial charge in [0.25, 0.3) is 5.91 Å². The number of amides is 4. The SMILES string of the molecule is O=C1CCN(c2ccc(CN3CCC(N4CCN(c5ccc(C(=O)Nc6n[nH]c7ccc(Cc8cc(F)cc(F)c8)cc67)c(NC6CCOCC6)c5)CC4)CC3)cc2)C(=O)N1. The maximum Gasteiger partial charge on any atom is 0.328 e. The number of nitrogens with one attached hydrogen (secondary N) is 4. The summed E-state index contributed by atoms with van der Waals surface area (Å²) >= 11 is 0. The Kier molecular flexibility index (Phi) is 11.9. The summed E-state index contributed by atoms with van der Waals surface area (Å²) in [6, 6.07) is 23.6. The first-order valence-electron chi connectivity index (χ1n) is 21.3. The molecule has 4 fully saturated rings. The minimum atomic E-state index is -0.621. The van der Waals surface area contributed by atoms with Crippen LogP contribution < -0.4 is 25.8 Å². The van der Waals surface area contributed by atoms with Gasteiger partial charge in [-0.2, -0.15) is 5.10 Å². The summed E-state index contributed by atoms with van der Waals surface area (Å²) in [4.78, 5) is 47.0. The number of ether oxygens (including phenoxy) is 1. The number of fused-ring (bicyclic) bond motifs is 1. The molecule has 0 spiro atoms. The third-order valence-electron chi connectivity index (χ3n) is 12.5. The Morgan fingerprint density at radius 3 is 2.23 bits per heavy atom. The van der Waals surface area contributed by atoms with E-state index in [-0.39, 0.29) is 23.9 Å². The number of hydrogen-bond acceptors (Lipinski definition) is 9. The molecule has 4 aromatic carbocycles. The number of H-pyrrole nitrogens is 1. The summed E-state index contributed by atoms with van der Waals surface area (Å²) in [5, 5.41) is 17.2. The van der Waals surface area contributed by atoms with E-state index in [4.69, 9.17) is 4.74 Å². The van der Waals surface area contributed by atoms with Crippen LogP contribution in [0.15, 0.2) is 78.9 Å². The van der Waals surface area contributed by atoms with Crippen LogP contribution >= 0.6 is 0 Å². The van der Waals surface area contributed by atoms with Crippen molar-refractivity contribution in [1.29, 1.82) is 0 Å². The zero-order valence-corrected chi connectivity index (χ0v) is 34.1. The Bertz CT molecular complexity index is 2370. The Morgan fingerprint density at radius 1 is 0.770 bits per heavy atom. The maximum absolute atomic E-state index is 14.0. The average molecular weight is 832 g/mol. The van der Waals surface area contributed by atoms with Crippen molar-refractivity contribution in [3.05, 3.63) is 113 Å². The lowest BCUT2D eigenvalue weighted by Crippen LogP contribution is -2.53. The van der Waals surface area contributed by atoms with E-state index in [1.54, 1.807) is 4.90 Å².